The van der Waals surface area contributed by atoms with Crippen molar-refractivity contribution in [2.75, 3.05) is 46.3 Å². The summed E-state index contributed by atoms with van der Waals surface area (Å²) in [5.74, 6) is -0.496. The number of nitrogens with one attached hydrogen (secondary N) is 1. The molecule has 7 nitrogen and oxygen atoms in total. The molecule has 0 spiro atoms. The lowest BCUT2D eigenvalue weighted by atomic mass is 10.1. The van der Waals surface area contributed by atoms with E-state index < -0.39 is 29.4 Å². The lowest BCUT2D eigenvalue weighted by Gasteiger charge is -2.32. The lowest BCUT2D eigenvalue weighted by molar-refractivity contribution is -0.142. The summed E-state index contributed by atoms with van der Waals surface area (Å²) in [4.78, 5) is 33.6. The van der Waals surface area contributed by atoms with Gasteiger partial charge in [0.05, 0.1) is 11.0 Å². The van der Waals surface area contributed by atoms with Crippen LogP contribution < -0.4 is 10.9 Å². The van der Waals surface area contributed by atoms with Gasteiger partial charge in [-0.3, -0.25) is 14.2 Å². The maximum absolute atomic E-state index is 13.5. The monoisotopic (exact) mass is 453 g/mol. The second kappa shape index (κ2) is 9.58. The van der Waals surface area contributed by atoms with Crippen molar-refractivity contribution in [1.82, 2.24) is 24.7 Å². The van der Waals surface area contributed by atoms with E-state index in [0.717, 1.165) is 54.8 Å². The zero-order valence-corrected chi connectivity index (χ0v) is 18.9. The summed E-state index contributed by atoms with van der Waals surface area (Å²) in [6.07, 6.45) is -4.19. The molecule has 0 unspecified atom stereocenters. The molecule has 0 bridgehead atoms. The Labute approximate surface area is 185 Å². The van der Waals surface area contributed by atoms with Crippen LogP contribution in [-0.4, -0.2) is 71.6 Å². The fourth-order valence-electron chi connectivity index (χ4n) is 3.88. The Morgan fingerprint density at radius 1 is 1.16 bits per heavy atom. The number of amides is 1. The first-order valence-electron chi connectivity index (χ1n) is 10.8. The van der Waals surface area contributed by atoms with Gasteiger partial charge in [-0.05, 0) is 64.0 Å². The van der Waals surface area contributed by atoms with Gasteiger partial charge >= 0.3 is 6.18 Å². The number of fused-ring (bicyclic) bond motifs is 1. The van der Waals surface area contributed by atoms with Crippen molar-refractivity contribution in [3.63, 3.8) is 0 Å². The highest BCUT2D eigenvalue weighted by molar-refractivity contribution is 5.84. The smallest absolute Gasteiger partial charge is 0.354 e. The molecule has 1 aromatic carbocycles. The largest absolute Gasteiger partial charge is 0.438 e. The van der Waals surface area contributed by atoms with Crippen molar-refractivity contribution in [2.45, 2.75) is 39.4 Å². The molecule has 1 aliphatic rings. The SMILES string of the molecule is Cc1cc2nc(C(F)(F)F)c(=O)n([C@H](C)C(=O)NCCCN3CCN(C)CC3)c2cc1C. The van der Waals surface area contributed by atoms with Gasteiger partial charge in [0.1, 0.15) is 6.04 Å². The van der Waals surface area contributed by atoms with Crippen LogP contribution in [0.3, 0.4) is 0 Å². The van der Waals surface area contributed by atoms with Gasteiger partial charge in [-0.25, -0.2) is 4.98 Å². The predicted octanol–water partition coefficient (Wildman–Crippen LogP) is 2.35. The molecule has 1 fully saturated rings. The van der Waals surface area contributed by atoms with Crippen molar-refractivity contribution in [2.24, 2.45) is 0 Å². The number of carbonyl (C=O) groups is 1. The quantitative estimate of drug-likeness (QED) is 0.680. The highest BCUT2D eigenvalue weighted by Gasteiger charge is 2.38. The Balaban J connectivity index is 1.79. The van der Waals surface area contributed by atoms with E-state index >= 15 is 0 Å². The lowest BCUT2D eigenvalue weighted by Crippen LogP contribution is -2.45. The van der Waals surface area contributed by atoms with E-state index in [-0.39, 0.29) is 11.0 Å². The summed E-state index contributed by atoms with van der Waals surface area (Å²) in [6.45, 7) is 10.2. The Hall–Kier alpha value is -2.46. The second-order valence-corrected chi connectivity index (χ2v) is 8.52. The molecule has 2 aromatic rings. The molecule has 32 heavy (non-hydrogen) atoms. The predicted molar refractivity (Wildman–Crippen MR) is 117 cm³/mol. The van der Waals surface area contributed by atoms with Gasteiger partial charge in [-0.1, -0.05) is 0 Å². The molecular weight excluding hydrogens is 423 g/mol. The number of hydrogen-bond acceptors (Lipinski definition) is 5. The number of nitrogens with zero attached hydrogens (tertiary/aromatic N) is 4. The number of rotatable bonds is 6. The first-order valence-corrected chi connectivity index (χ1v) is 10.8. The maximum Gasteiger partial charge on any atom is 0.438 e. The Morgan fingerprint density at radius 2 is 1.78 bits per heavy atom. The molecule has 1 atom stereocenters. The molecule has 10 heteroatoms. The number of piperazine rings is 1. The minimum Gasteiger partial charge on any atom is -0.354 e. The van der Waals surface area contributed by atoms with Crippen molar-refractivity contribution in [3.8, 4) is 0 Å². The van der Waals surface area contributed by atoms with E-state index in [1.807, 2.05) is 0 Å². The Bertz CT molecular complexity index is 1040. The molecule has 1 aliphatic heterocycles. The summed E-state index contributed by atoms with van der Waals surface area (Å²) in [5.41, 5.74) is -1.02. The van der Waals surface area contributed by atoms with Crippen LogP contribution in [0.2, 0.25) is 0 Å². The number of aryl methyl sites for hydroxylation is 2. The van der Waals surface area contributed by atoms with Gasteiger partial charge in [-0.15, -0.1) is 0 Å². The molecule has 2 heterocycles. The molecule has 3 rings (SSSR count). The van der Waals surface area contributed by atoms with Crippen LogP contribution in [0.25, 0.3) is 11.0 Å². The molecule has 0 aliphatic carbocycles. The van der Waals surface area contributed by atoms with Crippen molar-refractivity contribution in [1.29, 1.82) is 0 Å². The number of benzene rings is 1. The van der Waals surface area contributed by atoms with Crippen LogP contribution >= 0.6 is 0 Å². The van der Waals surface area contributed by atoms with Crippen molar-refractivity contribution >= 4 is 16.9 Å². The van der Waals surface area contributed by atoms with Gasteiger partial charge in [0.15, 0.2) is 0 Å². The van der Waals surface area contributed by atoms with E-state index in [1.54, 1.807) is 19.9 Å². The average Bonchev–Trinajstić information content (AvgIpc) is 2.72. The van der Waals surface area contributed by atoms with E-state index in [2.05, 4.69) is 27.1 Å². The van der Waals surface area contributed by atoms with Gasteiger partial charge in [-0.2, -0.15) is 13.2 Å². The summed E-state index contributed by atoms with van der Waals surface area (Å²) in [7, 11) is 2.08. The van der Waals surface area contributed by atoms with E-state index in [0.29, 0.717) is 6.54 Å². The van der Waals surface area contributed by atoms with Gasteiger partial charge < -0.3 is 15.1 Å². The normalized spacial score (nSPS) is 17.0. The number of likely N-dealkylation sites (N-methyl/N-ethyl adjacent to an activating group) is 1. The van der Waals surface area contributed by atoms with Crippen molar-refractivity contribution < 1.29 is 18.0 Å². The fraction of sp³-hybridized carbons (Fsp3) is 0.591. The number of aromatic nitrogens is 2. The summed E-state index contributed by atoms with van der Waals surface area (Å²) >= 11 is 0. The van der Waals surface area contributed by atoms with Gasteiger partial charge in [0, 0.05) is 32.7 Å². The fourth-order valence-corrected chi connectivity index (χ4v) is 3.88. The van der Waals surface area contributed by atoms with Gasteiger partial charge in [0.2, 0.25) is 11.6 Å². The first-order chi connectivity index (χ1) is 15.0. The molecule has 1 aromatic heterocycles. The van der Waals surface area contributed by atoms with Crippen LogP contribution in [0.4, 0.5) is 13.2 Å². The molecule has 1 saturated heterocycles. The minimum absolute atomic E-state index is 0.0368. The Kier molecular flexibility index (Phi) is 7.24. The molecular formula is C22H30F3N5O2. The molecule has 1 N–H and O–H groups in total. The van der Waals surface area contributed by atoms with E-state index in [4.69, 9.17) is 0 Å². The standard InChI is InChI=1S/C22H30F3N5O2/c1-14-12-17-18(13-15(14)2)30(21(32)19(27-17)22(23,24)25)16(3)20(31)26-6-5-7-29-10-8-28(4)9-11-29/h12-13,16H,5-11H2,1-4H3,(H,26,31)/t16-/m1/s1. The molecule has 1 amide bonds. The summed E-state index contributed by atoms with van der Waals surface area (Å²) in [5, 5.41) is 2.77. The number of alkyl halides is 3. The second-order valence-electron chi connectivity index (χ2n) is 8.52. The van der Waals surface area contributed by atoms with Crippen LogP contribution in [0.5, 0.6) is 0 Å². The van der Waals surface area contributed by atoms with Gasteiger partial charge in [0.25, 0.3) is 5.56 Å². The third kappa shape index (κ3) is 5.29. The van der Waals surface area contributed by atoms with Crippen LogP contribution in [-0.2, 0) is 11.0 Å². The summed E-state index contributed by atoms with van der Waals surface area (Å²) < 4.78 is 41.3. The molecule has 176 valence electrons. The molecule has 0 radical (unpaired) electrons. The number of carbonyl (C=O) groups excluding carboxylic acids is 1. The van der Waals surface area contributed by atoms with E-state index in [1.165, 1.54) is 13.0 Å². The van der Waals surface area contributed by atoms with Crippen LogP contribution in [0, 0.1) is 13.8 Å². The zero-order valence-electron chi connectivity index (χ0n) is 18.9. The maximum atomic E-state index is 13.5. The average molecular weight is 454 g/mol. The topological polar surface area (TPSA) is 70.5 Å². The minimum atomic E-state index is -4.91. The van der Waals surface area contributed by atoms with Crippen molar-refractivity contribution in [3.05, 3.63) is 39.3 Å². The highest BCUT2D eigenvalue weighted by Crippen LogP contribution is 2.28. The molecule has 0 saturated carbocycles. The first kappa shape index (κ1) is 24.2. The summed E-state index contributed by atoms with van der Waals surface area (Å²) in [6, 6.07) is 2.01. The number of hydrogen-bond donors (Lipinski definition) is 1. The third-order valence-corrected chi connectivity index (χ3v) is 6.09. The third-order valence-electron chi connectivity index (χ3n) is 6.09. The number of halogens is 3. The van der Waals surface area contributed by atoms with Crippen LogP contribution in [0.1, 0.15) is 36.2 Å². The van der Waals surface area contributed by atoms with Crippen LogP contribution in [0.15, 0.2) is 16.9 Å². The highest BCUT2D eigenvalue weighted by atomic mass is 19.4. The van der Waals surface area contributed by atoms with E-state index in [9.17, 15) is 22.8 Å². The Morgan fingerprint density at radius 3 is 2.41 bits per heavy atom. The zero-order chi connectivity index (χ0) is 23.6.